The van der Waals surface area contributed by atoms with Crippen LogP contribution in [0.15, 0.2) is 52.2 Å². The van der Waals surface area contributed by atoms with Gasteiger partial charge >= 0.3 is 0 Å². The van der Waals surface area contributed by atoms with Crippen LogP contribution in [-0.4, -0.2) is 53.8 Å². The average molecular weight is 437 g/mol. The first-order valence-corrected chi connectivity index (χ1v) is 10.8. The smallest absolute Gasteiger partial charge is 0.258 e. The molecule has 1 aliphatic heterocycles. The number of fused-ring (bicyclic) bond motifs is 1. The van der Waals surface area contributed by atoms with Gasteiger partial charge in [0, 0.05) is 26.2 Å². The normalized spacial score (nSPS) is 16.3. The number of aromatic amines is 1. The Balaban J connectivity index is 1.45. The minimum absolute atomic E-state index is 0.0297. The Bertz CT molecular complexity index is 1220. The van der Waals surface area contributed by atoms with E-state index in [9.17, 15) is 17.6 Å². The van der Waals surface area contributed by atoms with Gasteiger partial charge in [-0.2, -0.15) is 4.31 Å². The molecule has 0 amide bonds. The van der Waals surface area contributed by atoms with E-state index < -0.39 is 15.8 Å². The molecule has 2 aromatic carbocycles. The third-order valence-corrected chi connectivity index (χ3v) is 7.08. The van der Waals surface area contributed by atoms with Gasteiger partial charge in [-0.15, -0.1) is 0 Å². The lowest BCUT2D eigenvalue weighted by atomic mass is 10.2. The molecule has 152 valence electrons. The zero-order chi connectivity index (χ0) is 20.6. The molecule has 0 radical (unpaired) electrons. The van der Waals surface area contributed by atoms with Crippen molar-refractivity contribution in [1.82, 2.24) is 19.2 Å². The molecule has 1 saturated heterocycles. The van der Waals surface area contributed by atoms with Crippen molar-refractivity contribution in [1.29, 1.82) is 0 Å². The molecule has 1 aliphatic rings. The fourth-order valence-electron chi connectivity index (χ4n) is 3.34. The summed E-state index contributed by atoms with van der Waals surface area (Å²) in [5, 5.41) is 0.307. The quantitative estimate of drug-likeness (QED) is 0.677. The van der Waals surface area contributed by atoms with Crippen LogP contribution in [0.25, 0.3) is 10.9 Å². The first kappa shape index (κ1) is 20.0. The van der Waals surface area contributed by atoms with E-state index in [4.69, 9.17) is 11.6 Å². The van der Waals surface area contributed by atoms with Crippen LogP contribution in [0.4, 0.5) is 4.39 Å². The van der Waals surface area contributed by atoms with Crippen LogP contribution < -0.4 is 5.56 Å². The standard InChI is InChI=1S/C19H18ClFN4O3S/c20-15-11-13(5-6-16(15)21)29(27,28)25-9-7-24(8-10-25)12-18-22-17-4-2-1-3-14(17)19(26)23-18/h1-6,11H,7-10,12H2,(H,22,23,26). The summed E-state index contributed by atoms with van der Waals surface area (Å²) >= 11 is 5.72. The Labute approximate surface area is 171 Å². The van der Waals surface area contributed by atoms with Crippen molar-refractivity contribution in [2.75, 3.05) is 26.2 Å². The Morgan fingerprint density at radius 1 is 1.10 bits per heavy atom. The number of hydrogen-bond donors (Lipinski definition) is 1. The predicted octanol–water partition coefficient (Wildman–Crippen LogP) is 2.22. The summed E-state index contributed by atoms with van der Waals surface area (Å²) in [5.74, 6) is -0.123. The van der Waals surface area contributed by atoms with Gasteiger partial charge < -0.3 is 4.98 Å². The highest BCUT2D eigenvalue weighted by molar-refractivity contribution is 7.89. The van der Waals surface area contributed by atoms with E-state index in [2.05, 4.69) is 9.97 Å². The summed E-state index contributed by atoms with van der Waals surface area (Å²) in [4.78, 5) is 21.5. The lowest BCUT2D eigenvalue weighted by Crippen LogP contribution is -2.48. The van der Waals surface area contributed by atoms with Gasteiger partial charge in [0.25, 0.3) is 5.56 Å². The van der Waals surface area contributed by atoms with E-state index in [-0.39, 0.29) is 28.6 Å². The van der Waals surface area contributed by atoms with Gasteiger partial charge in [-0.05, 0) is 30.3 Å². The average Bonchev–Trinajstić information content (AvgIpc) is 2.70. The Morgan fingerprint density at radius 3 is 2.55 bits per heavy atom. The first-order valence-electron chi connectivity index (χ1n) is 9.00. The lowest BCUT2D eigenvalue weighted by Gasteiger charge is -2.33. The maximum absolute atomic E-state index is 13.3. The van der Waals surface area contributed by atoms with E-state index >= 15 is 0 Å². The first-order chi connectivity index (χ1) is 13.8. The van der Waals surface area contributed by atoms with E-state index in [0.717, 1.165) is 12.1 Å². The predicted molar refractivity (Wildman–Crippen MR) is 108 cm³/mol. The summed E-state index contributed by atoms with van der Waals surface area (Å²) < 4.78 is 40.2. The molecule has 1 fully saturated rings. The summed E-state index contributed by atoms with van der Waals surface area (Å²) in [6.45, 7) is 1.91. The third-order valence-electron chi connectivity index (χ3n) is 4.90. The van der Waals surface area contributed by atoms with Crippen LogP contribution >= 0.6 is 11.6 Å². The molecule has 1 N–H and O–H groups in total. The number of aromatic nitrogens is 2. The second-order valence-corrected chi connectivity index (χ2v) is 9.13. The van der Waals surface area contributed by atoms with Crippen molar-refractivity contribution in [3.8, 4) is 0 Å². The van der Waals surface area contributed by atoms with Gasteiger partial charge in [0.05, 0.1) is 27.4 Å². The monoisotopic (exact) mass is 436 g/mol. The second-order valence-electron chi connectivity index (χ2n) is 6.79. The summed E-state index contributed by atoms with van der Waals surface area (Å²) in [6.07, 6.45) is 0. The topological polar surface area (TPSA) is 86.4 Å². The molecular weight excluding hydrogens is 419 g/mol. The van der Waals surface area contributed by atoms with Crippen LogP contribution in [0.2, 0.25) is 5.02 Å². The second kappa shape index (κ2) is 7.83. The number of nitrogens with one attached hydrogen (secondary N) is 1. The van der Waals surface area contributed by atoms with Crippen molar-refractivity contribution >= 4 is 32.5 Å². The van der Waals surface area contributed by atoms with Gasteiger partial charge in [0.15, 0.2) is 0 Å². The minimum Gasteiger partial charge on any atom is -0.309 e. The molecule has 10 heteroatoms. The number of H-pyrrole nitrogens is 1. The van der Waals surface area contributed by atoms with Gasteiger partial charge in [0.2, 0.25) is 10.0 Å². The number of benzene rings is 2. The van der Waals surface area contributed by atoms with Crippen LogP contribution in [0.3, 0.4) is 0 Å². The van der Waals surface area contributed by atoms with Crippen molar-refractivity contribution in [3.05, 3.63) is 69.5 Å². The molecular formula is C19H18ClFN4O3S. The van der Waals surface area contributed by atoms with E-state index in [0.29, 0.717) is 36.4 Å². The highest BCUT2D eigenvalue weighted by Gasteiger charge is 2.29. The number of sulfonamides is 1. The molecule has 0 saturated carbocycles. The van der Waals surface area contributed by atoms with Crippen molar-refractivity contribution in [3.63, 3.8) is 0 Å². The number of para-hydroxylation sites is 1. The number of piperazine rings is 1. The molecule has 3 aromatic rings. The maximum atomic E-state index is 13.3. The van der Waals surface area contributed by atoms with Gasteiger partial charge in [-0.1, -0.05) is 23.7 Å². The Kier molecular flexibility index (Phi) is 5.39. The Morgan fingerprint density at radius 2 is 1.83 bits per heavy atom. The number of rotatable bonds is 4. The Hall–Kier alpha value is -2.33. The maximum Gasteiger partial charge on any atom is 0.258 e. The number of hydrogen-bond acceptors (Lipinski definition) is 5. The van der Waals surface area contributed by atoms with Crippen LogP contribution in [0.5, 0.6) is 0 Å². The van der Waals surface area contributed by atoms with Crippen molar-refractivity contribution in [2.45, 2.75) is 11.4 Å². The van der Waals surface area contributed by atoms with E-state index in [1.54, 1.807) is 18.2 Å². The minimum atomic E-state index is -3.75. The van der Waals surface area contributed by atoms with Gasteiger partial charge in [-0.25, -0.2) is 17.8 Å². The zero-order valence-electron chi connectivity index (χ0n) is 15.3. The molecule has 2 heterocycles. The number of nitrogens with zero attached hydrogens (tertiary/aromatic N) is 3. The number of halogens is 2. The molecule has 1 aromatic heterocycles. The molecule has 0 aliphatic carbocycles. The van der Waals surface area contributed by atoms with E-state index in [1.807, 2.05) is 11.0 Å². The van der Waals surface area contributed by atoms with Crippen LogP contribution in [0.1, 0.15) is 5.82 Å². The fraction of sp³-hybridized carbons (Fsp3) is 0.263. The molecule has 0 unspecified atom stereocenters. The van der Waals surface area contributed by atoms with Crippen LogP contribution in [-0.2, 0) is 16.6 Å². The van der Waals surface area contributed by atoms with Crippen LogP contribution in [0, 0.1) is 5.82 Å². The molecule has 4 rings (SSSR count). The molecule has 7 nitrogen and oxygen atoms in total. The summed E-state index contributed by atoms with van der Waals surface area (Å²) in [5.41, 5.74) is 0.431. The zero-order valence-corrected chi connectivity index (χ0v) is 16.9. The van der Waals surface area contributed by atoms with Gasteiger partial charge in [-0.3, -0.25) is 9.69 Å². The highest BCUT2D eigenvalue weighted by Crippen LogP contribution is 2.23. The highest BCUT2D eigenvalue weighted by atomic mass is 35.5. The fourth-order valence-corrected chi connectivity index (χ4v) is 5.03. The molecule has 0 atom stereocenters. The summed E-state index contributed by atoms with van der Waals surface area (Å²) in [7, 11) is -3.75. The molecule has 0 bridgehead atoms. The summed E-state index contributed by atoms with van der Waals surface area (Å²) in [6, 6.07) is 10.5. The SMILES string of the molecule is O=c1[nH]c(CN2CCN(S(=O)(=O)c3ccc(F)c(Cl)c3)CC2)nc2ccccc12. The third kappa shape index (κ3) is 4.04. The largest absolute Gasteiger partial charge is 0.309 e. The molecule has 29 heavy (non-hydrogen) atoms. The van der Waals surface area contributed by atoms with Crippen molar-refractivity contribution in [2.24, 2.45) is 0 Å². The van der Waals surface area contributed by atoms with Crippen molar-refractivity contribution < 1.29 is 12.8 Å². The molecule has 0 spiro atoms. The van der Waals surface area contributed by atoms with E-state index in [1.165, 1.54) is 10.4 Å². The lowest BCUT2D eigenvalue weighted by molar-refractivity contribution is 0.178. The van der Waals surface area contributed by atoms with Gasteiger partial charge in [0.1, 0.15) is 11.6 Å².